The van der Waals surface area contributed by atoms with Gasteiger partial charge in [-0.1, -0.05) is 5.16 Å². The van der Waals surface area contributed by atoms with Crippen LogP contribution in [0.1, 0.15) is 23.5 Å². The summed E-state index contributed by atoms with van der Waals surface area (Å²) in [5, 5.41) is 3.90. The van der Waals surface area contributed by atoms with Crippen molar-refractivity contribution in [3.05, 3.63) is 42.2 Å². The monoisotopic (exact) mass is 271 g/mol. The number of aromatic nitrogens is 6. The van der Waals surface area contributed by atoms with Crippen LogP contribution in [0.4, 0.5) is 0 Å². The molecule has 0 amide bonds. The zero-order chi connectivity index (χ0) is 13.9. The van der Waals surface area contributed by atoms with E-state index in [0.717, 1.165) is 5.69 Å². The van der Waals surface area contributed by atoms with Gasteiger partial charge in [-0.05, 0) is 13.0 Å². The molecule has 8 nitrogen and oxygen atoms in total. The Morgan fingerprint density at radius 3 is 3.05 bits per heavy atom. The maximum Gasteiger partial charge on any atom is 0.244 e. The first kappa shape index (κ1) is 12.4. The SMILES string of the molecule is Cc1nccc(-c2noc(C(N)Cc3cnc[nH]3)n2)n1. The third-order valence-corrected chi connectivity index (χ3v) is 2.76. The van der Waals surface area contributed by atoms with Gasteiger partial charge in [0.05, 0.1) is 12.4 Å². The largest absolute Gasteiger partial charge is 0.348 e. The number of hydrogen-bond donors (Lipinski definition) is 2. The number of aryl methyl sites for hydroxylation is 1. The van der Waals surface area contributed by atoms with Crippen LogP contribution in [0.2, 0.25) is 0 Å². The number of nitrogens with two attached hydrogens (primary N) is 1. The highest BCUT2D eigenvalue weighted by Crippen LogP contribution is 2.17. The summed E-state index contributed by atoms with van der Waals surface area (Å²) >= 11 is 0. The quantitative estimate of drug-likeness (QED) is 0.720. The molecule has 0 aliphatic heterocycles. The van der Waals surface area contributed by atoms with Crippen molar-refractivity contribution in [3.63, 3.8) is 0 Å². The second-order valence-corrected chi connectivity index (χ2v) is 4.33. The van der Waals surface area contributed by atoms with Crippen molar-refractivity contribution >= 4 is 0 Å². The standard InChI is InChI=1S/C12H13N7O/c1-7-15-3-2-10(17-7)11-18-12(20-19-11)9(13)4-8-5-14-6-16-8/h2-3,5-6,9H,4,13H2,1H3,(H,14,16). The molecule has 0 aliphatic rings. The Labute approximate surface area is 114 Å². The van der Waals surface area contributed by atoms with E-state index in [2.05, 4.69) is 30.1 Å². The highest BCUT2D eigenvalue weighted by atomic mass is 16.5. The van der Waals surface area contributed by atoms with Crippen LogP contribution >= 0.6 is 0 Å². The average molecular weight is 271 g/mol. The summed E-state index contributed by atoms with van der Waals surface area (Å²) < 4.78 is 5.19. The van der Waals surface area contributed by atoms with Gasteiger partial charge in [0.2, 0.25) is 11.7 Å². The molecule has 3 heterocycles. The lowest BCUT2D eigenvalue weighted by atomic mass is 10.2. The molecule has 0 aliphatic carbocycles. The molecule has 0 bridgehead atoms. The minimum Gasteiger partial charge on any atom is -0.348 e. The normalized spacial score (nSPS) is 12.5. The van der Waals surface area contributed by atoms with Gasteiger partial charge in [0.15, 0.2) is 0 Å². The van der Waals surface area contributed by atoms with E-state index < -0.39 is 0 Å². The molecule has 1 atom stereocenters. The van der Waals surface area contributed by atoms with Crippen LogP contribution in [0.5, 0.6) is 0 Å². The van der Waals surface area contributed by atoms with E-state index in [9.17, 15) is 0 Å². The van der Waals surface area contributed by atoms with E-state index >= 15 is 0 Å². The number of aromatic amines is 1. The molecule has 0 saturated heterocycles. The van der Waals surface area contributed by atoms with Gasteiger partial charge in [0.1, 0.15) is 11.5 Å². The molecule has 0 radical (unpaired) electrons. The summed E-state index contributed by atoms with van der Waals surface area (Å²) in [6.07, 6.45) is 5.51. The number of imidazole rings is 1. The van der Waals surface area contributed by atoms with E-state index in [1.54, 1.807) is 31.7 Å². The summed E-state index contributed by atoms with van der Waals surface area (Å²) in [6.45, 7) is 1.80. The van der Waals surface area contributed by atoms with Crippen molar-refractivity contribution in [2.45, 2.75) is 19.4 Å². The fourth-order valence-electron chi connectivity index (χ4n) is 1.79. The van der Waals surface area contributed by atoms with Crippen LogP contribution in [0.25, 0.3) is 11.5 Å². The molecule has 0 spiro atoms. The van der Waals surface area contributed by atoms with Gasteiger partial charge < -0.3 is 15.2 Å². The minimum absolute atomic E-state index is 0.367. The molecule has 0 saturated carbocycles. The maximum absolute atomic E-state index is 6.03. The Balaban J connectivity index is 1.79. The van der Waals surface area contributed by atoms with E-state index in [1.165, 1.54) is 0 Å². The summed E-state index contributed by atoms with van der Waals surface area (Å²) in [5.74, 6) is 1.42. The first-order valence-electron chi connectivity index (χ1n) is 6.09. The first-order chi connectivity index (χ1) is 9.72. The third kappa shape index (κ3) is 2.54. The van der Waals surface area contributed by atoms with Crippen molar-refractivity contribution in [3.8, 4) is 11.5 Å². The molecule has 20 heavy (non-hydrogen) atoms. The van der Waals surface area contributed by atoms with E-state index in [1.807, 2.05) is 0 Å². The highest BCUT2D eigenvalue weighted by molar-refractivity contribution is 5.47. The van der Waals surface area contributed by atoms with Crippen LogP contribution in [-0.2, 0) is 6.42 Å². The predicted octanol–water partition coefficient (Wildman–Crippen LogP) is 0.801. The van der Waals surface area contributed by atoms with Crippen molar-refractivity contribution in [1.82, 2.24) is 30.1 Å². The van der Waals surface area contributed by atoms with Crippen molar-refractivity contribution in [1.29, 1.82) is 0 Å². The van der Waals surface area contributed by atoms with Crippen LogP contribution in [0.15, 0.2) is 29.3 Å². The second kappa shape index (κ2) is 5.17. The molecule has 0 aromatic carbocycles. The lowest BCUT2D eigenvalue weighted by Crippen LogP contribution is -2.14. The summed E-state index contributed by atoms with van der Waals surface area (Å²) in [6, 6.07) is 1.34. The molecular formula is C12H13N7O. The second-order valence-electron chi connectivity index (χ2n) is 4.33. The van der Waals surface area contributed by atoms with Crippen LogP contribution in [0, 0.1) is 6.92 Å². The lowest BCUT2D eigenvalue weighted by molar-refractivity contribution is 0.354. The smallest absolute Gasteiger partial charge is 0.244 e. The molecule has 0 fully saturated rings. The molecule has 1 unspecified atom stereocenters. The Hall–Kier alpha value is -2.61. The Morgan fingerprint density at radius 1 is 1.40 bits per heavy atom. The van der Waals surface area contributed by atoms with Crippen molar-refractivity contribution < 1.29 is 4.52 Å². The first-order valence-corrected chi connectivity index (χ1v) is 6.09. The van der Waals surface area contributed by atoms with Gasteiger partial charge in [-0.3, -0.25) is 0 Å². The summed E-state index contributed by atoms with van der Waals surface area (Å²) in [5.41, 5.74) is 7.56. The van der Waals surface area contributed by atoms with Crippen LogP contribution in [-0.4, -0.2) is 30.1 Å². The molecule has 8 heteroatoms. The van der Waals surface area contributed by atoms with Gasteiger partial charge in [0, 0.05) is 24.5 Å². The van der Waals surface area contributed by atoms with Gasteiger partial charge >= 0.3 is 0 Å². The van der Waals surface area contributed by atoms with Gasteiger partial charge in [-0.15, -0.1) is 0 Å². The Morgan fingerprint density at radius 2 is 2.30 bits per heavy atom. The maximum atomic E-state index is 6.03. The summed E-state index contributed by atoms with van der Waals surface area (Å²) in [7, 11) is 0. The predicted molar refractivity (Wildman–Crippen MR) is 69.3 cm³/mol. The fraction of sp³-hybridized carbons (Fsp3) is 0.250. The Kier molecular flexibility index (Phi) is 3.21. The number of rotatable bonds is 4. The molecule has 3 N–H and O–H groups in total. The zero-order valence-electron chi connectivity index (χ0n) is 10.8. The van der Waals surface area contributed by atoms with E-state index in [0.29, 0.717) is 29.7 Å². The molecule has 3 aromatic rings. The summed E-state index contributed by atoms with van der Waals surface area (Å²) in [4.78, 5) is 19.5. The van der Waals surface area contributed by atoms with Gasteiger partial charge in [-0.2, -0.15) is 4.98 Å². The highest BCUT2D eigenvalue weighted by Gasteiger charge is 2.17. The van der Waals surface area contributed by atoms with Crippen molar-refractivity contribution in [2.24, 2.45) is 5.73 Å². The fourth-order valence-corrected chi connectivity index (χ4v) is 1.79. The van der Waals surface area contributed by atoms with Crippen molar-refractivity contribution in [2.75, 3.05) is 0 Å². The Bertz CT molecular complexity index is 691. The number of nitrogens with one attached hydrogen (secondary N) is 1. The van der Waals surface area contributed by atoms with Gasteiger partial charge in [-0.25, -0.2) is 15.0 Å². The molecule has 102 valence electrons. The third-order valence-electron chi connectivity index (χ3n) is 2.76. The van der Waals surface area contributed by atoms with Crippen LogP contribution in [0.3, 0.4) is 0 Å². The lowest BCUT2D eigenvalue weighted by Gasteiger charge is -2.03. The molecular weight excluding hydrogens is 258 g/mol. The van der Waals surface area contributed by atoms with Crippen LogP contribution < -0.4 is 5.73 Å². The van der Waals surface area contributed by atoms with E-state index in [4.69, 9.17) is 10.3 Å². The molecule has 3 rings (SSSR count). The number of hydrogen-bond acceptors (Lipinski definition) is 7. The molecule has 3 aromatic heterocycles. The van der Waals surface area contributed by atoms with Gasteiger partial charge in [0.25, 0.3) is 0 Å². The number of H-pyrrole nitrogens is 1. The van der Waals surface area contributed by atoms with E-state index in [-0.39, 0.29) is 6.04 Å². The zero-order valence-corrected chi connectivity index (χ0v) is 10.8. The average Bonchev–Trinajstić information content (AvgIpc) is 3.09. The number of nitrogens with zero attached hydrogens (tertiary/aromatic N) is 5. The minimum atomic E-state index is -0.389. The topological polar surface area (TPSA) is 119 Å².